The number of fused-ring (bicyclic) bond motifs is 1. The molecule has 0 radical (unpaired) electrons. The van der Waals surface area contributed by atoms with Crippen LogP contribution in [0.25, 0.3) is 22.7 Å². The van der Waals surface area contributed by atoms with Crippen LogP contribution in [0.15, 0.2) is 36.7 Å². The van der Waals surface area contributed by atoms with Gasteiger partial charge in [0.15, 0.2) is 11.6 Å². The maximum atomic E-state index is 4.41. The van der Waals surface area contributed by atoms with Crippen LogP contribution in [0.5, 0.6) is 0 Å². The second kappa shape index (κ2) is 2.70. The minimum atomic E-state index is 0.765. The summed E-state index contributed by atoms with van der Waals surface area (Å²) in [6.07, 6.45) is 3.49. The molecule has 0 aliphatic carbocycles. The van der Waals surface area contributed by atoms with Crippen LogP contribution in [0.2, 0.25) is 0 Å². The highest BCUT2D eigenvalue weighted by atomic mass is 15.0. The number of hydrogen-bond acceptors (Lipinski definition) is 2. The number of nitrogens with zero attached hydrogens (tertiary/aromatic N) is 2. The average Bonchev–Trinajstić information content (AvgIpc) is 2.86. The van der Waals surface area contributed by atoms with Crippen LogP contribution < -0.4 is 0 Å². The van der Waals surface area contributed by atoms with E-state index in [-0.39, 0.29) is 0 Å². The molecule has 0 amide bonds. The van der Waals surface area contributed by atoms with Gasteiger partial charge in [-0.05, 0) is 12.1 Å². The predicted molar refractivity (Wildman–Crippen MR) is 53.7 cm³/mol. The van der Waals surface area contributed by atoms with E-state index in [2.05, 4.69) is 19.9 Å². The number of benzene rings is 1. The maximum absolute atomic E-state index is 4.41. The Labute approximate surface area is 80.0 Å². The van der Waals surface area contributed by atoms with E-state index in [1.807, 2.05) is 24.3 Å². The zero-order chi connectivity index (χ0) is 9.38. The highest BCUT2D eigenvalue weighted by Crippen LogP contribution is 2.16. The Morgan fingerprint density at radius 2 is 2.00 bits per heavy atom. The lowest BCUT2D eigenvalue weighted by Gasteiger charge is -1.85. The van der Waals surface area contributed by atoms with Crippen LogP contribution >= 0.6 is 0 Å². The zero-order valence-corrected chi connectivity index (χ0v) is 7.36. The molecule has 0 aliphatic rings. The van der Waals surface area contributed by atoms with Gasteiger partial charge >= 0.3 is 0 Å². The fraction of sp³-hybridized carbons (Fsp3) is 0. The third-order valence-electron chi connectivity index (χ3n) is 2.11. The number of para-hydroxylation sites is 2. The van der Waals surface area contributed by atoms with Crippen molar-refractivity contribution >= 4 is 11.0 Å². The Kier molecular flexibility index (Phi) is 1.41. The predicted octanol–water partition coefficient (Wildman–Crippen LogP) is 1.95. The summed E-state index contributed by atoms with van der Waals surface area (Å²) in [5, 5.41) is 0. The third-order valence-corrected chi connectivity index (χ3v) is 2.11. The Bertz CT molecular complexity index is 517. The van der Waals surface area contributed by atoms with Gasteiger partial charge in [0.2, 0.25) is 0 Å². The van der Waals surface area contributed by atoms with E-state index in [1.54, 1.807) is 12.4 Å². The van der Waals surface area contributed by atoms with Crippen LogP contribution in [0.1, 0.15) is 0 Å². The van der Waals surface area contributed by atoms with Crippen LogP contribution in [-0.4, -0.2) is 19.9 Å². The quantitative estimate of drug-likeness (QED) is 0.607. The molecule has 0 atom stereocenters. The largest absolute Gasteiger partial charge is 0.342 e. The van der Waals surface area contributed by atoms with Gasteiger partial charge < -0.3 is 9.97 Å². The molecule has 0 unspecified atom stereocenters. The number of imidazole rings is 2. The number of aromatic nitrogens is 4. The molecule has 0 fully saturated rings. The van der Waals surface area contributed by atoms with Gasteiger partial charge in [0.1, 0.15) is 0 Å². The summed E-state index contributed by atoms with van der Waals surface area (Å²) in [5.74, 6) is 1.54. The molecule has 3 aromatic rings. The first kappa shape index (κ1) is 7.32. The highest BCUT2D eigenvalue weighted by molar-refractivity contribution is 5.77. The Morgan fingerprint density at radius 3 is 2.79 bits per heavy atom. The van der Waals surface area contributed by atoms with E-state index in [4.69, 9.17) is 0 Å². The minimum Gasteiger partial charge on any atom is -0.342 e. The summed E-state index contributed by atoms with van der Waals surface area (Å²) in [4.78, 5) is 14.7. The molecule has 4 nitrogen and oxygen atoms in total. The molecule has 2 heterocycles. The molecule has 0 spiro atoms. The summed E-state index contributed by atoms with van der Waals surface area (Å²) in [6.45, 7) is 0. The molecule has 1 aromatic carbocycles. The van der Waals surface area contributed by atoms with E-state index in [0.29, 0.717) is 0 Å². The SMILES string of the molecule is c1ccc2[nH]c(-c3ncc[nH]3)nc2c1. The van der Waals surface area contributed by atoms with Gasteiger partial charge in [0, 0.05) is 12.4 Å². The second-order valence-corrected chi connectivity index (χ2v) is 3.04. The zero-order valence-electron chi connectivity index (χ0n) is 7.36. The lowest BCUT2D eigenvalue weighted by atomic mass is 10.3. The smallest absolute Gasteiger partial charge is 0.174 e. The van der Waals surface area contributed by atoms with E-state index >= 15 is 0 Å². The van der Waals surface area contributed by atoms with Gasteiger partial charge in [-0.1, -0.05) is 12.1 Å². The van der Waals surface area contributed by atoms with Crippen LogP contribution in [0, 0.1) is 0 Å². The van der Waals surface area contributed by atoms with Crippen molar-refractivity contribution in [1.29, 1.82) is 0 Å². The molecule has 68 valence electrons. The summed E-state index contributed by atoms with van der Waals surface area (Å²) >= 11 is 0. The number of hydrogen-bond donors (Lipinski definition) is 2. The number of rotatable bonds is 1. The maximum Gasteiger partial charge on any atom is 0.174 e. The first-order valence-electron chi connectivity index (χ1n) is 4.38. The molecule has 4 heteroatoms. The molecule has 2 N–H and O–H groups in total. The van der Waals surface area contributed by atoms with Gasteiger partial charge in [-0.25, -0.2) is 9.97 Å². The van der Waals surface area contributed by atoms with Gasteiger partial charge in [0.25, 0.3) is 0 Å². The van der Waals surface area contributed by atoms with Crippen molar-refractivity contribution in [3.8, 4) is 11.6 Å². The molecule has 0 saturated heterocycles. The molecule has 14 heavy (non-hydrogen) atoms. The van der Waals surface area contributed by atoms with E-state index in [9.17, 15) is 0 Å². The molecule has 2 aromatic heterocycles. The topological polar surface area (TPSA) is 57.4 Å². The lowest BCUT2D eigenvalue weighted by molar-refractivity contribution is 1.21. The van der Waals surface area contributed by atoms with E-state index in [0.717, 1.165) is 22.7 Å². The van der Waals surface area contributed by atoms with Crippen molar-refractivity contribution in [2.24, 2.45) is 0 Å². The summed E-state index contributed by atoms with van der Waals surface area (Å²) in [5.41, 5.74) is 1.98. The summed E-state index contributed by atoms with van der Waals surface area (Å²) < 4.78 is 0. The minimum absolute atomic E-state index is 0.765. The van der Waals surface area contributed by atoms with Crippen molar-refractivity contribution in [3.05, 3.63) is 36.7 Å². The van der Waals surface area contributed by atoms with Crippen molar-refractivity contribution in [1.82, 2.24) is 19.9 Å². The monoisotopic (exact) mass is 184 g/mol. The average molecular weight is 184 g/mol. The number of nitrogens with one attached hydrogen (secondary N) is 2. The van der Waals surface area contributed by atoms with Gasteiger partial charge in [-0.3, -0.25) is 0 Å². The molecule has 3 rings (SSSR count). The Hall–Kier alpha value is -2.10. The standard InChI is InChI=1S/C10H8N4/c1-2-4-8-7(3-1)13-10(14-8)9-11-5-6-12-9/h1-6H,(H,11,12)(H,13,14). The van der Waals surface area contributed by atoms with Crippen LogP contribution in [0.4, 0.5) is 0 Å². The lowest BCUT2D eigenvalue weighted by Crippen LogP contribution is -1.81. The number of H-pyrrole nitrogens is 2. The van der Waals surface area contributed by atoms with E-state index in [1.165, 1.54) is 0 Å². The van der Waals surface area contributed by atoms with Crippen molar-refractivity contribution in [2.75, 3.05) is 0 Å². The normalized spacial score (nSPS) is 10.9. The van der Waals surface area contributed by atoms with Crippen LogP contribution in [-0.2, 0) is 0 Å². The third kappa shape index (κ3) is 1.01. The molecule has 0 saturated carbocycles. The highest BCUT2D eigenvalue weighted by Gasteiger charge is 2.05. The fourth-order valence-electron chi connectivity index (χ4n) is 1.46. The first-order valence-corrected chi connectivity index (χ1v) is 4.38. The fourth-order valence-corrected chi connectivity index (χ4v) is 1.46. The molecule has 0 bridgehead atoms. The molecule has 0 aliphatic heterocycles. The van der Waals surface area contributed by atoms with Crippen molar-refractivity contribution in [2.45, 2.75) is 0 Å². The van der Waals surface area contributed by atoms with Gasteiger partial charge in [0.05, 0.1) is 11.0 Å². The Morgan fingerprint density at radius 1 is 1.07 bits per heavy atom. The summed E-state index contributed by atoms with van der Waals surface area (Å²) in [6, 6.07) is 7.91. The Balaban J connectivity index is 2.24. The number of aromatic amines is 2. The second-order valence-electron chi connectivity index (χ2n) is 3.04. The van der Waals surface area contributed by atoms with Crippen molar-refractivity contribution < 1.29 is 0 Å². The first-order chi connectivity index (χ1) is 6.93. The van der Waals surface area contributed by atoms with Gasteiger partial charge in [-0.15, -0.1) is 0 Å². The van der Waals surface area contributed by atoms with Crippen LogP contribution in [0.3, 0.4) is 0 Å². The van der Waals surface area contributed by atoms with Crippen molar-refractivity contribution in [3.63, 3.8) is 0 Å². The van der Waals surface area contributed by atoms with E-state index < -0.39 is 0 Å². The summed E-state index contributed by atoms with van der Waals surface area (Å²) in [7, 11) is 0. The van der Waals surface area contributed by atoms with Gasteiger partial charge in [-0.2, -0.15) is 0 Å². The molecular formula is C10H8N4. The molecular weight excluding hydrogens is 176 g/mol.